The zero-order valence-electron chi connectivity index (χ0n) is 12.0. The van der Waals surface area contributed by atoms with Crippen molar-refractivity contribution in [2.24, 2.45) is 0 Å². The Kier molecular flexibility index (Phi) is 6.14. The van der Waals surface area contributed by atoms with Gasteiger partial charge in [0.15, 0.2) is 11.6 Å². The molecule has 7 heteroatoms. The van der Waals surface area contributed by atoms with Crippen LogP contribution in [0.4, 0.5) is 17.6 Å². The average molecular weight is 307 g/mol. The number of ether oxygens (including phenoxy) is 1. The van der Waals surface area contributed by atoms with Gasteiger partial charge in [-0.15, -0.1) is 0 Å². The minimum absolute atomic E-state index is 0.381. The second kappa shape index (κ2) is 7.40. The summed E-state index contributed by atoms with van der Waals surface area (Å²) in [4.78, 5) is 11.8. The number of carbonyl (C=O) groups excluding carboxylic acids is 1. The molecule has 1 N–H and O–H groups in total. The van der Waals surface area contributed by atoms with Crippen molar-refractivity contribution < 1.29 is 27.1 Å². The highest BCUT2D eigenvalue weighted by Crippen LogP contribution is 2.29. The smallest absolute Gasteiger partial charge is 0.328 e. The molecule has 1 atom stereocenters. The summed E-state index contributed by atoms with van der Waals surface area (Å²) in [7, 11) is 1.48. The highest BCUT2D eigenvalue weighted by molar-refractivity contribution is 5.78. The van der Waals surface area contributed by atoms with E-state index in [9.17, 15) is 22.4 Å². The number of hydrogen-bond acceptors (Lipinski definition) is 3. The zero-order valence-corrected chi connectivity index (χ0v) is 12.0. The Labute approximate surface area is 120 Å². The summed E-state index contributed by atoms with van der Waals surface area (Å²) < 4.78 is 58.5. The molecule has 1 rings (SSSR count). The molecule has 1 aromatic rings. The van der Waals surface area contributed by atoms with Crippen LogP contribution in [0.5, 0.6) is 5.75 Å². The molecule has 118 valence electrons. The van der Waals surface area contributed by atoms with Crippen LogP contribution < -0.4 is 10.1 Å². The summed E-state index contributed by atoms with van der Waals surface area (Å²) in [6.07, 6.45) is 1.87. The van der Waals surface area contributed by atoms with Crippen LogP contribution in [0.15, 0.2) is 0 Å². The van der Waals surface area contributed by atoms with Gasteiger partial charge in [-0.3, -0.25) is 0 Å². The molecule has 0 aliphatic heterocycles. The Morgan fingerprint density at radius 1 is 1.14 bits per heavy atom. The normalized spacial score (nSPS) is 12.3. The van der Waals surface area contributed by atoms with Gasteiger partial charge < -0.3 is 10.1 Å². The summed E-state index contributed by atoms with van der Waals surface area (Å²) in [5.41, 5.74) is -0.805. The lowest BCUT2D eigenvalue weighted by atomic mass is 10.1. The van der Waals surface area contributed by atoms with Crippen molar-refractivity contribution in [1.29, 1.82) is 0 Å². The Bertz CT molecular complexity index is 505. The molecule has 0 heterocycles. The first-order valence-corrected chi connectivity index (χ1v) is 6.56. The van der Waals surface area contributed by atoms with Gasteiger partial charge in [-0.05, 0) is 20.4 Å². The molecule has 0 amide bonds. The predicted octanol–water partition coefficient (Wildman–Crippen LogP) is 3.24. The third kappa shape index (κ3) is 3.72. The number of benzene rings is 1. The van der Waals surface area contributed by atoms with Crippen LogP contribution >= 0.6 is 0 Å². The quantitative estimate of drug-likeness (QED) is 0.379. The lowest BCUT2D eigenvalue weighted by Crippen LogP contribution is -2.37. The monoisotopic (exact) mass is 307 g/mol. The van der Waals surface area contributed by atoms with Crippen molar-refractivity contribution in [2.75, 3.05) is 7.05 Å². The molecule has 0 aliphatic rings. The fourth-order valence-corrected chi connectivity index (χ4v) is 1.77. The second-order valence-corrected chi connectivity index (χ2v) is 4.61. The van der Waals surface area contributed by atoms with E-state index in [0.717, 1.165) is 13.3 Å². The van der Waals surface area contributed by atoms with Crippen molar-refractivity contribution in [1.82, 2.24) is 5.32 Å². The summed E-state index contributed by atoms with van der Waals surface area (Å²) >= 11 is 0. The van der Waals surface area contributed by atoms with Crippen molar-refractivity contribution in [3.63, 3.8) is 0 Å². The zero-order chi connectivity index (χ0) is 16.2. The number of hydrogen-bond donors (Lipinski definition) is 1. The first-order chi connectivity index (χ1) is 9.84. The molecule has 0 bridgehead atoms. The van der Waals surface area contributed by atoms with Crippen LogP contribution in [0.25, 0.3) is 0 Å². The molecule has 21 heavy (non-hydrogen) atoms. The SMILES string of the molecule is CCCCC(NC)C(=O)Oc1c(F)c(F)c(C)c(F)c1F. The molecule has 0 saturated heterocycles. The average Bonchev–Trinajstić information content (AvgIpc) is 2.48. The molecule has 0 fully saturated rings. The Morgan fingerprint density at radius 3 is 2.10 bits per heavy atom. The fourth-order valence-electron chi connectivity index (χ4n) is 1.77. The van der Waals surface area contributed by atoms with Gasteiger partial charge in [0.05, 0.1) is 0 Å². The van der Waals surface area contributed by atoms with Crippen molar-refractivity contribution in [2.45, 2.75) is 39.2 Å². The number of nitrogens with one attached hydrogen (secondary N) is 1. The van der Waals surface area contributed by atoms with E-state index in [4.69, 9.17) is 0 Å². The van der Waals surface area contributed by atoms with Gasteiger partial charge in [0.2, 0.25) is 17.4 Å². The van der Waals surface area contributed by atoms with Gasteiger partial charge in [0.25, 0.3) is 0 Å². The van der Waals surface area contributed by atoms with E-state index in [0.29, 0.717) is 12.8 Å². The molecule has 0 radical (unpaired) electrons. The molecule has 3 nitrogen and oxygen atoms in total. The summed E-state index contributed by atoms with van der Waals surface area (Å²) in [5, 5.41) is 2.63. The van der Waals surface area contributed by atoms with Crippen LogP contribution in [0.1, 0.15) is 31.7 Å². The highest BCUT2D eigenvalue weighted by Gasteiger charge is 2.28. The van der Waals surface area contributed by atoms with Crippen LogP contribution in [-0.4, -0.2) is 19.1 Å². The largest absolute Gasteiger partial charge is 0.419 e. The number of unbranched alkanes of at least 4 members (excludes halogenated alkanes) is 1. The van der Waals surface area contributed by atoms with Crippen LogP contribution in [-0.2, 0) is 4.79 Å². The van der Waals surface area contributed by atoms with Gasteiger partial charge >= 0.3 is 5.97 Å². The minimum Gasteiger partial charge on any atom is -0.419 e. The maximum absolute atomic E-state index is 13.6. The topological polar surface area (TPSA) is 38.3 Å². The lowest BCUT2D eigenvalue weighted by Gasteiger charge is -2.16. The third-order valence-electron chi connectivity index (χ3n) is 3.12. The molecule has 0 aromatic heterocycles. The van der Waals surface area contributed by atoms with E-state index in [1.54, 1.807) is 0 Å². The molecule has 0 aliphatic carbocycles. The van der Waals surface area contributed by atoms with Crippen LogP contribution in [0.3, 0.4) is 0 Å². The second-order valence-electron chi connectivity index (χ2n) is 4.61. The standard InChI is InChI=1S/C14H17F4NO2/c1-4-5-6-8(19-3)14(20)21-13-11(17)9(15)7(2)10(16)12(13)18/h8,19H,4-6H2,1-3H3. The van der Waals surface area contributed by atoms with E-state index >= 15 is 0 Å². The van der Waals surface area contributed by atoms with Gasteiger partial charge in [0, 0.05) is 5.56 Å². The molecule has 1 aromatic carbocycles. The third-order valence-corrected chi connectivity index (χ3v) is 3.12. The van der Waals surface area contributed by atoms with E-state index in [-0.39, 0.29) is 0 Å². The lowest BCUT2D eigenvalue weighted by molar-refractivity contribution is -0.137. The number of carbonyl (C=O) groups is 1. The first-order valence-electron chi connectivity index (χ1n) is 6.56. The van der Waals surface area contributed by atoms with E-state index in [1.165, 1.54) is 7.05 Å². The van der Waals surface area contributed by atoms with Gasteiger partial charge in [0.1, 0.15) is 6.04 Å². The molecular weight excluding hydrogens is 290 g/mol. The Hall–Kier alpha value is -1.63. The van der Waals surface area contributed by atoms with E-state index in [2.05, 4.69) is 10.1 Å². The highest BCUT2D eigenvalue weighted by atomic mass is 19.2. The van der Waals surface area contributed by atoms with Crippen LogP contribution in [0, 0.1) is 30.2 Å². The molecule has 0 spiro atoms. The van der Waals surface area contributed by atoms with Crippen molar-refractivity contribution in [3.05, 3.63) is 28.8 Å². The van der Waals surface area contributed by atoms with Crippen LogP contribution in [0.2, 0.25) is 0 Å². The van der Waals surface area contributed by atoms with E-state index < -0.39 is 46.6 Å². The van der Waals surface area contributed by atoms with E-state index in [1.807, 2.05) is 6.92 Å². The minimum atomic E-state index is -1.72. The van der Waals surface area contributed by atoms with Crippen molar-refractivity contribution >= 4 is 5.97 Å². The van der Waals surface area contributed by atoms with Gasteiger partial charge in [-0.25, -0.2) is 13.6 Å². The van der Waals surface area contributed by atoms with Gasteiger partial charge in [-0.1, -0.05) is 19.8 Å². The summed E-state index contributed by atoms with van der Waals surface area (Å²) in [6.45, 7) is 2.79. The number of likely N-dealkylation sites (N-methyl/N-ethyl adjacent to an activating group) is 1. The Balaban J connectivity index is 3.05. The number of rotatable bonds is 6. The Morgan fingerprint density at radius 2 is 1.67 bits per heavy atom. The summed E-state index contributed by atoms with van der Waals surface area (Å²) in [6, 6.07) is -0.809. The maximum atomic E-state index is 13.6. The summed E-state index contributed by atoms with van der Waals surface area (Å²) in [5.74, 6) is -8.93. The maximum Gasteiger partial charge on any atom is 0.328 e. The molecule has 0 saturated carbocycles. The number of esters is 1. The fraction of sp³-hybridized carbons (Fsp3) is 0.500. The predicted molar refractivity (Wildman–Crippen MR) is 69.0 cm³/mol. The van der Waals surface area contributed by atoms with Crippen molar-refractivity contribution in [3.8, 4) is 5.75 Å². The molecular formula is C14H17F4NO2. The number of halogens is 4. The van der Waals surface area contributed by atoms with Gasteiger partial charge in [-0.2, -0.15) is 8.78 Å². The first kappa shape index (κ1) is 17.4. The molecule has 1 unspecified atom stereocenters.